The van der Waals surface area contributed by atoms with Crippen molar-refractivity contribution < 1.29 is 0 Å². The van der Waals surface area contributed by atoms with Gasteiger partial charge in [-0.1, -0.05) is 101 Å². The summed E-state index contributed by atoms with van der Waals surface area (Å²) in [5.74, 6) is 0. The lowest BCUT2D eigenvalue weighted by molar-refractivity contribution is 0.549. The molecule has 1 aromatic rings. The van der Waals surface area contributed by atoms with E-state index in [4.69, 9.17) is 11.6 Å². The summed E-state index contributed by atoms with van der Waals surface area (Å²) in [6.45, 7) is 2.28. The Bertz CT molecular complexity index is 336. The SMILES string of the molecule is CCCCCCCCCCCCCc1ccccc1Cl.CCl. The zero-order valence-electron chi connectivity index (χ0n) is 14.6. The molecule has 0 aliphatic heterocycles. The molecule has 2 heteroatoms. The molecule has 128 valence electrons. The summed E-state index contributed by atoms with van der Waals surface area (Å²) in [7, 11) is 0. The molecule has 0 unspecified atom stereocenters. The van der Waals surface area contributed by atoms with E-state index < -0.39 is 0 Å². The molecule has 0 nitrogen and oxygen atoms in total. The first kappa shape index (κ1) is 21.8. The van der Waals surface area contributed by atoms with Crippen molar-refractivity contribution in [1.29, 1.82) is 0 Å². The average Bonchev–Trinajstić information content (AvgIpc) is 2.56. The third kappa shape index (κ3) is 12.4. The Hall–Kier alpha value is -0.200. The molecule has 0 aromatic heterocycles. The van der Waals surface area contributed by atoms with Gasteiger partial charge in [0.1, 0.15) is 0 Å². The number of halogens is 2. The molecule has 0 heterocycles. The number of aryl methyl sites for hydroxylation is 1. The number of hydrogen-bond donors (Lipinski definition) is 0. The standard InChI is InChI=1S/C19H31Cl.CH3Cl/c1-2-3-4-5-6-7-8-9-10-11-12-15-18-16-13-14-17-19(18)20;1-2/h13-14,16-17H,2-12,15H2,1H3;1H3. The fourth-order valence-corrected chi connectivity index (χ4v) is 2.91. The zero-order valence-corrected chi connectivity index (χ0v) is 16.1. The number of rotatable bonds is 12. The van der Waals surface area contributed by atoms with Gasteiger partial charge in [-0.15, -0.1) is 11.6 Å². The summed E-state index contributed by atoms with van der Waals surface area (Å²) in [6, 6.07) is 8.24. The topological polar surface area (TPSA) is 0 Å². The Morgan fingerprint density at radius 1 is 0.682 bits per heavy atom. The molecule has 0 bridgehead atoms. The molecule has 0 aliphatic carbocycles. The summed E-state index contributed by atoms with van der Waals surface area (Å²) in [5.41, 5.74) is 1.31. The zero-order chi connectivity index (χ0) is 16.5. The highest BCUT2D eigenvalue weighted by Crippen LogP contribution is 2.18. The minimum Gasteiger partial charge on any atom is -0.130 e. The normalized spacial score (nSPS) is 10.2. The highest BCUT2D eigenvalue weighted by Gasteiger charge is 1.98. The van der Waals surface area contributed by atoms with Crippen LogP contribution in [-0.4, -0.2) is 6.38 Å². The van der Waals surface area contributed by atoms with Gasteiger partial charge in [0.15, 0.2) is 0 Å². The third-order valence-electron chi connectivity index (χ3n) is 4.01. The molecule has 0 fully saturated rings. The van der Waals surface area contributed by atoms with Gasteiger partial charge < -0.3 is 0 Å². The van der Waals surface area contributed by atoms with Crippen LogP contribution >= 0.6 is 23.2 Å². The lowest BCUT2D eigenvalue weighted by Gasteiger charge is -2.04. The predicted molar refractivity (Wildman–Crippen MR) is 103 cm³/mol. The van der Waals surface area contributed by atoms with Crippen molar-refractivity contribution in [3.05, 3.63) is 34.9 Å². The van der Waals surface area contributed by atoms with Crippen LogP contribution in [0.3, 0.4) is 0 Å². The van der Waals surface area contributed by atoms with Crippen LogP contribution in [-0.2, 0) is 6.42 Å². The van der Waals surface area contributed by atoms with Crippen LogP contribution in [0.4, 0.5) is 0 Å². The van der Waals surface area contributed by atoms with Crippen LogP contribution in [0.5, 0.6) is 0 Å². The second-order valence-electron chi connectivity index (χ2n) is 5.88. The molecule has 0 aliphatic rings. The number of unbranched alkanes of at least 4 members (excludes halogenated alkanes) is 10. The van der Waals surface area contributed by atoms with Gasteiger partial charge in [0, 0.05) is 11.4 Å². The van der Waals surface area contributed by atoms with Crippen LogP contribution in [0.2, 0.25) is 5.02 Å². The molecule has 0 amide bonds. The van der Waals surface area contributed by atoms with E-state index in [1.807, 2.05) is 12.1 Å². The maximum Gasteiger partial charge on any atom is 0.0437 e. The van der Waals surface area contributed by atoms with Crippen LogP contribution in [0, 0.1) is 0 Å². The molecule has 0 spiro atoms. The minimum absolute atomic E-state index is 0.930. The second kappa shape index (κ2) is 17.2. The highest BCUT2D eigenvalue weighted by atomic mass is 35.5. The Morgan fingerprint density at radius 3 is 1.64 bits per heavy atom. The molecular formula is C20H34Cl2. The lowest BCUT2D eigenvalue weighted by Crippen LogP contribution is -1.87. The molecule has 0 saturated carbocycles. The summed E-state index contributed by atoms with van der Waals surface area (Å²) < 4.78 is 0. The van der Waals surface area contributed by atoms with Crippen molar-refractivity contribution in [1.82, 2.24) is 0 Å². The Morgan fingerprint density at radius 2 is 1.14 bits per heavy atom. The first-order chi connectivity index (χ1) is 10.8. The van der Waals surface area contributed by atoms with Gasteiger partial charge in [-0.3, -0.25) is 0 Å². The van der Waals surface area contributed by atoms with Crippen molar-refractivity contribution >= 4 is 23.2 Å². The first-order valence-electron chi connectivity index (χ1n) is 8.95. The smallest absolute Gasteiger partial charge is 0.0437 e. The molecule has 1 aromatic carbocycles. The Balaban J connectivity index is 0.00000211. The number of alkyl halides is 1. The van der Waals surface area contributed by atoms with E-state index in [1.54, 1.807) is 0 Å². The summed E-state index contributed by atoms with van der Waals surface area (Å²) in [4.78, 5) is 0. The molecule has 22 heavy (non-hydrogen) atoms. The molecule has 0 radical (unpaired) electrons. The molecule has 1 rings (SSSR count). The van der Waals surface area contributed by atoms with Gasteiger partial charge in [0.25, 0.3) is 0 Å². The van der Waals surface area contributed by atoms with Crippen LogP contribution in [0.25, 0.3) is 0 Å². The first-order valence-corrected chi connectivity index (χ1v) is 10.1. The minimum atomic E-state index is 0.930. The summed E-state index contributed by atoms with van der Waals surface area (Å²) in [5, 5.41) is 0.930. The third-order valence-corrected chi connectivity index (χ3v) is 4.38. The van der Waals surface area contributed by atoms with Gasteiger partial charge in [-0.2, -0.15) is 0 Å². The molecular weight excluding hydrogens is 311 g/mol. The predicted octanol–water partition coefficient (Wildman–Crippen LogP) is 8.05. The van der Waals surface area contributed by atoms with Crippen molar-refractivity contribution in [2.24, 2.45) is 0 Å². The van der Waals surface area contributed by atoms with Crippen LogP contribution in [0.15, 0.2) is 24.3 Å². The summed E-state index contributed by atoms with van der Waals surface area (Å²) >= 11 is 10.8. The van der Waals surface area contributed by atoms with Gasteiger partial charge in [-0.05, 0) is 24.5 Å². The van der Waals surface area contributed by atoms with E-state index in [0.29, 0.717) is 0 Å². The van der Waals surface area contributed by atoms with Gasteiger partial charge in [0.2, 0.25) is 0 Å². The van der Waals surface area contributed by atoms with Gasteiger partial charge in [0.05, 0.1) is 0 Å². The quantitative estimate of drug-likeness (QED) is 0.265. The van der Waals surface area contributed by atoms with E-state index in [-0.39, 0.29) is 0 Å². The van der Waals surface area contributed by atoms with Crippen molar-refractivity contribution in [3.8, 4) is 0 Å². The maximum atomic E-state index is 6.16. The Labute approximate surface area is 148 Å². The number of benzene rings is 1. The second-order valence-corrected chi connectivity index (χ2v) is 6.28. The fraction of sp³-hybridized carbons (Fsp3) is 0.700. The lowest BCUT2D eigenvalue weighted by atomic mass is 10.0. The van der Waals surface area contributed by atoms with Crippen LogP contribution < -0.4 is 0 Å². The van der Waals surface area contributed by atoms with Crippen LogP contribution in [0.1, 0.15) is 83.1 Å². The highest BCUT2D eigenvalue weighted by molar-refractivity contribution is 6.31. The van der Waals surface area contributed by atoms with E-state index in [9.17, 15) is 0 Å². The maximum absolute atomic E-state index is 6.16. The van der Waals surface area contributed by atoms with E-state index >= 15 is 0 Å². The van der Waals surface area contributed by atoms with E-state index in [0.717, 1.165) is 11.4 Å². The fourth-order valence-electron chi connectivity index (χ4n) is 2.68. The van der Waals surface area contributed by atoms with Gasteiger partial charge in [-0.25, -0.2) is 0 Å². The average molecular weight is 345 g/mol. The van der Waals surface area contributed by atoms with Crippen molar-refractivity contribution in [3.63, 3.8) is 0 Å². The van der Waals surface area contributed by atoms with E-state index in [2.05, 4.69) is 30.7 Å². The molecule has 0 N–H and O–H groups in total. The van der Waals surface area contributed by atoms with Gasteiger partial charge >= 0.3 is 0 Å². The van der Waals surface area contributed by atoms with Crippen molar-refractivity contribution in [2.45, 2.75) is 84.0 Å². The molecule has 0 saturated heterocycles. The Kier molecular flexibility index (Phi) is 17.0. The largest absolute Gasteiger partial charge is 0.130 e. The number of hydrogen-bond acceptors (Lipinski definition) is 0. The van der Waals surface area contributed by atoms with Crippen molar-refractivity contribution in [2.75, 3.05) is 6.38 Å². The summed E-state index contributed by atoms with van der Waals surface area (Å²) in [6.07, 6.45) is 18.0. The van der Waals surface area contributed by atoms with E-state index in [1.165, 1.54) is 82.6 Å². The molecule has 0 atom stereocenters. The monoisotopic (exact) mass is 344 g/mol.